The molecule has 1 saturated carbocycles. The van der Waals surface area contributed by atoms with Crippen molar-refractivity contribution in [3.63, 3.8) is 0 Å². The number of nitrogens with two attached hydrogens (primary N) is 1. The van der Waals surface area contributed by atoms with Crippen LogP contribution in [0.15, 0.2) is 0 Å². The molecular weight excluding hydrogens is 216 g/mol. The van der Waals surface area contributed by atoms with Crippen LogP contribution in [0.5, 0.6) is 0 Å². The maximum atomic E-state index is 12.0. The number of hydrogen-bond acceptors (Lipinski definition) is 3. The lowest BCUT2D eigenvalue weighted by Gasteiger charge is -2.35. The first-order chi connectivity index (χ1) is 8.04. The fourth-order valence-electron chi connectivity index (χ4n) is 2.37. The second-order valence-corrected chi connectivity index (χ2v) is 5.11. The fraction of sp³-hybridized carbons (Fsp3) is 0.923. The Bertz CT molecular complexity index is 236. The molecule has 0 unspecified atom stereocenters. The third-order valence-electron chi connectivity index (χ3n) is 3.38. The van der Waals surface area contributed by atoms with Crippen LogP contribution in [0.4, 0.5) is 0 Å². The van der Waals surface area contributed by atoms with E-state index in [9.17, 15) is 4.79 Å². The molecule has 0 atom stereocenters. The summed E-state index contributed by atoms with van der Waals surface area (Å²) in [5.74, 6) is 0.113. The number of nitrogens with zero attached hydrogens (tertiary/aromatic N) is 1. The molecule has 17 heavy (non-hydrogen) atoms. The molecule has 0 aromatic rings. The van der Waals surface area contributed by atoms with Gasteiger partial charge in [-0.1, -0.05) is 0 Å². The molecule has 0 heterocycles. The molecule has 4 nitrogen and oxygen atoms in total. The van der Waals surface area contributed by atoms with Gasteiger partial charge >= 0.3 is 0 Å². The highest BCUT2D eigenvalue weighted by molar-refractivity contribution is 5.77. The molecule has 0 spiro atoms. The van der Waals surface area contributed by atoms with Gasteiger partial charge in [-0.3, -0.25) is 4.79 Å². The molecule has 4 heteroatoms. The molecule has 1 rings (SSSR count). The fourth-order valence-corrected chi connectivity index (χ4v) is 2.37. The molecule has 0 aromatic heterocycles. The quantitative estimate of drug-likeness (QED) is 0.795. The summed E-state index contributed by atoms with van der Waals surface area (Å²) >= 11 is 0. The highest BCUT2D eigenvalue weighted by Gasteiger charge is 2.26. The SMILES string of the molecule is CCN(C(=O)COC(C)C)C1CCC(N)CC1. The van der Waals surface area contributed by atoms with Crippen LogP contribution in [0.3, 0.4) is 0 Å². The topological polar surface area (TPSA) is 55.6 Å². The van der Waals surface area contributed by atoms with Gasteiger partial charge in [-0.2, -0.15) is 0 Å². The summed E-state index contributed by atoms with van der Waals surface area (Å²) in [6.07, 6.45) is 4.22. The summed E-state index contributed by atoms with van der Waals surface area (Å²) < 4.78 is 5.38. The summed E-state index contributed by atoms with van der Waals surface area (Å²) in [6.45, 7) is 6.89. The number of ether oxygens (including phenoxy) is 1. The molecule has 0 radical (unpaired) electrons. The Balaban J connectivity index is 2.43. The van der Waals surface area contributed by atoms with E-state index in [1.165, 1.54) is 0 Å². The monoisotopic (exact) mass is 242 g/mol. The van der Waals surface area contributed by atoms with Crippen LogP contribution in [0, 0.1) is 0 Å². The van der Waals surface area contributed by atoms with E-state index in [2.05, 4.69) is 0 Å². The number of amides is 1. The largest absolute Gasteiger partial charge is 0.369 e. The first kappa shape index (κ1) is 14.5. The van der Waals surface area contributed by atoms with Gasteiger partial charge in [-0.05, 0) is 46.5 Å². The van der Waals surface area contributed by atoms with Gasteiger partial charge in [0.05, 0.1) is 6.10 Å². The van der Waals surface area contributed by atoms with Crippen molar-refractivity contribution in [2.45, 2.75) is 64.6 Å². The van der Waals surface area contributed by atoms with Crippen LogP contribution >= 0.6 is 0 Å². The van der Waals surface area contributed by atoms with Crippen LogP contribution in [-0.2, 0) is 9.53 Å². The summed E-state index contributed by atoms with van der Waals surface area (Å²) in [5, 5.41) is 0. The number of hydrogen-bond donors (Lipinski definition) is 1. The molecular formula is C13H26N2O2. The van der Waals surface area contributed by atoms with E-state index in [4.69, 9.17) is 10.5 Å². The second kappa shape index (κ2) is 6.97. The maximum absolute atomic E-state index is 12.0. The smallest absolute Gasteiger partial charge is 0.248 e. The van der Waals surface area contributed by atoms with Crippen LogP contribution in [0.25, 0.3) is 0 Å². The lowest BCUT2D eigenvalue weighted by molar-refractivity contribution is -0.140. The molecule has 1 amide bonds. The Labute approximate surface area is 104 Å². The molecule has 0 bridgehead atoms. The highest BCUT2D eigenvalue weighted by atomic mass is 16.5. The first-order valence-corrected chi connectivity index (χ1v) is 6.71. The van der Waals surface area contributed by atoms with Gasteiger partial charge in [0.2, 0.25) is 5.91 Å². The summed E-state index contributed by atoms with van der Waals surface area (Å²) in [7, 11) is 0. The normalized spacial score (nSPS) is 25.0. The van der Waals surface area contributed by atoms with Crippen molar-refractivity contribution in [2.75, 3.05) is 13.2 Å². The van der Waals surface area contributed by atoms with Gasteiger partial charge in [-0.15, -0.1) is 0 Å². The molecule has 1 aliphatic rings. The minimum atomic E-state index is 0.109. The lowest BCUT2D eigenvalue weighted by atomic mass is 9.90. The van der Waals surface area contributed by atoms with Gasteiger partial charge < -0.3 is 15.4 Å². The summed E-state index contributed by atoms with van der Waals surface area (Å²) in [4.78, 5) is 14.0. The molecule has 0 aliphatic heterocycles. The Morgan fingerprint density at radius 1 is 1.35 bits per heavy atom. The molecule has 1 fully saturated rings. The second-order valence-electron chi connectivity index (χ2n) is 5.11. The summed E-state index contributed by atoms with van der Waals surface area (Å²) in [5.41, 5.74) is 5.88. The van der Waals surface area contributed by atoms with Crippen molar-refractivity contribution in [2.24, 2.45) is 5.73 Å². The zero-order chi connectivity index (χ0) is 12.8. The molecule has 1 aliphatic carbocycles. The van der Waals surface area contributed by atoms with Gasteiger partial charge in [-0.25, -0.2) is 0 Å². The predicted octanol–water partition coefficient (Wildman–Crippen LogP) is 1.53. The molecule has 100 valence electrons. The standard InChI is InChI=1S/C13H26N2O2/c1-4-15(13(16)9-17-10(2)3)12-7-5-11(14)6-8-12/h10-12H,4-9,14H2,1-3H3. The average Bonchev–Trinajstić information content (AvgIpc) is 2.30. The van der Waals surface area contributed by atoms with E-state index in [1.807, 2.05) is 25.7 Å². The number of likely N-dealkylation sites (N-methyl/N-ethyl adjacent to an activating group) is 1. The third kappa shape index (κ3) is 4.64. The van der Waals surface area contributed by atoms with Gasteiger partial charge in [0, 0.05) is 18.6 Å². The van der Waals surface area contributed by atoms with Crippen molar-refractivity contribution in [3.8, 4) is 0 Å². The number of carbonyl (C=O) groups is 1. The van der Waals surface area contributed by atoms with E-state index < -0.39 is 0 Å². The average molecular weight is 242 g/mol. The van der Waals surface area contributed by atoms with E-state index in [0.717, 1.165) is 32.2 Å². The maximum Gasteiger partial charge on any atom is 0.248 e. The van der Waals surface area contributed by atoms with Crippen LogP contribution in [0.2, 0.25) is 0 Å². The molecule has 0 saturated heterocycles. The minimum Gasteiger partial charge on any atom is -0.369 e. The minimum absolute atomic E-state index is 0.109. The van der Waals surface area contributed by atoms with E-state index in [0.29, 0.717) is 12.1 Å². The van der Waals surface area contributed by atoms with Gasteiger partial charge in [0.15, 0.2) is 0 Å². The summed E-state index contributed by atoms with van der Waals surface area (Å²) in [6, 6.07) is 0.690. The van der Waals surface area contributed by atoms with Crippen molar-refractivity contribution < 1.29 is 9.53 Å². The van der Waals surface area contributed by atoms with Crippen molar-refractivity contribution in [1.29, 1.82) is 0 Å². The first-order valence-electron chi connectivity index (χ1n) is 6.71. The van der Waals surface area contributed by atoms with Crippen LogP contribution < -0.4 is 5.73 Å². The van der Waals surface area contributed by atoms with E-state index in [-0.39, 0.29) is 18.6 Å². The Hall–Kier alpha value is -0.610. The van der Waals surface area contributed by atoms with Crippen molar-refractivity contribution >= 4 is 5.91 Å². The van der Waals surface area contributed by atoms with Gasteiger partial charge in [0.25, 0.3) is 0 Å². The van der Waals surface area contributed by atoms with E-state index in [1.54, 1.807) is 0 Å². The zero-order valence-electron chi connectivity index (χ0n) is 11.3. The third-order valence-corrected chi connectivity index (χ3v) is 3.38. The number of rotatable bonds is 5. The van der Waals surface area contributed by atoms with Crippen LogP contribution in [-0.4, -0.2) is 42.1 Å². The van der Waals surface area contributed by atoms with Crippen molar-refractivity contribution in [3.05, 3.63) is 0 Å². The lowest BCUT2D eigenvalue weighted by Crippen LogP contribution is -2.45. The Kier molecular flexibility index (Phi) is 5.92. The molecule has 2 N–H and O–H groups in total. The van der Waals surface area contributed by atoms with Gasteiger partial charge in [0.1, 0.15) is 6.61 Å². The Morgan fingerprint density at radius 2 is 1.94 bits per heavy atom. The molecule has 0 aromatic carbocycles. The van der Waals surface area contributed by atoms with E-state index >= 15 is 0 Å². The Morgan fingerprint density at radius 3 is 2.41 bits per heavy atom. The van der Waals surface area contributed by atoms with Crippen molar-refractivity contribution in [1.82, 2.24) is 4.90 Å². The van der Waals surface area contributed by atoms with Crippen LogP contribution in [0.1, 0.15) is 46.5 Å². The zero-order valence-corrected chi connectivity index (χ0v) is 11.3. The number of carbonyl (C=O) groups excluding carboxylic acids is 1. The highest BCUT2D eigenvalue weighted by Crippen LogP contribution is 2.22. The predicted molar refractivity (Wildman–Crippen MR) is 68.7 cm³/mol.